The summed E-state index contributed by atoms with van der Waals surface area (Å²) in [5.41, 5.74) is 0. The van der Waals surface area contributed by atoms with Gasteiger partial charge in [-0.15, -0.1) is 0 Å². The molecule has 0 rings (SSSR count). The monoisotopic (exact) mass is 199 g/mol. The van der Waals surface area contributed by atoms with Crippen LogP contribution in [0.4, 0.5) is 0 Å². The summed E-state index contributed by atoms with van der Waals surface area (Å²) in [6.45, 7) is 11.7. The average Bonchev–Trinajstić information content (AvgIpc) is 2.17. The maximum Gasteiger partial charge on any atom is 0.000640 e. The predicted octanol–water partition coefficient (Wildman–Crippen LogP) is 3.79. The van der Waals surface area contributed by atoms with Crippen molar-refractivity contribution in [3.05, 3.63) is 0 Å². The summed E-state index contributed by atoms with van der Waals surface area (Å²) in [7, 11) is 2.22. The van der Waals surface area contributed by atoms with Crippen LogP contribution < -0.4 is 0 Å². The lowest BCUT2D eigenvalue weighted by Gasteiger charge is -2.24. The van der Waals surface area contributed by atoms with Crippen molar-refractivity contribution in [2.24, 2.45) is 11.8 Å². The fraction of sp³-hybridized carbons (Fsp3) is 1.00. The maximum atomic E-state index is 2.42. The Morgan fingerprint density at radius 2 is 1.64 bits per heavy atom. The molecule has 0 aromatic carbocycles. The molecule has 14 heavy (non-hydrogen) atoms. The summed E-state index contributed by atoms with van der Waals surface area (Å²) in [4.78, 5) is 2.42. The van der Waals surface area contributed by atoms with Crippen molar-refractivity contribution in [1.82, 2.24) is 4.90 Å². The van der Waals surface area contributed by atoms with Gasteiger partial charge < -0.3 is 4.90 Å². The SMILES string of the molecule is CCCCCC(C)C(C)CN(C)CC. The third-order valence-corrected chi connectivity index (χ3v) is 3.37. The summed E-state index contributed by atoms with van der Waals surface area (Å²) in [6.07, 6.45) is 5.57. The molecule has 0 aromatic rings. The van der Waals surface area contributed by atoms with Crippen LogP contribution in [0.5, 0.6) is 0 Å². The van der Waals surface area contributed by atoms with Gasteiger partial charge in [0.2, 0.25) is 0 Å². The van der Waals surface area contributed by atoms with Gasteiger partial charge in [-0.25, -0.2) is 0 Å². The Hall–Kier alpha value is -0.0400. The maximum absolute atomic E-state index is 2.42. The molecule has 0 saturated heterocycles. The van der Waals surface area contributed by atoms with Crippen molar-refractivity contribution in [3.8, 4) is 0 Å². The van der Waals surface area contributed by atoms with E-state index < -0.39 is 0 Å². The van der Waals surface area contributed by atoms with E-state index in [2.05, 4.69) is 39.6 Å². The minimum Gasteiger partial charge on any atom is -0.306 e. The Morgan fingerprint density at radius 3 is 2.14 bits per heavy atom. The molecule has 0 fully saturated rings. The number of rotatable bonds is 8. The molecule has 2 unspecified atom stereocenters. The van der Waals surface area contributed by atoms with E-state index >= 15 is 0 Å². The first kappa shape index (κ1) is 14.0. The van der Waals surface area contributed by atoms with Crippen molar-refractivity contribution >= 4 is 0 Å². The second-order valence-corrected chi connectivity index (χ2v) is 4.81. The van der Waals surface area contributed by atoms with Crippen LogP contribution >= 0.6 is 0 Å². The zero-order chi connectivity index (χ0) is 11.0. The third kappa shape index (κ3) is 6.42. The summed E-state index contributed by atoms with van der Waals surface area (Å²) < 4.78 is 0. The Labute approximate surface area is 90.9 Å². The highest BCUT2D eigenvalue weighted by atomic mass is 15.1. The largest absolute Gasteiger partial charge is 0.306 e. The molecule has 0 amide bonds. The first-order valence-electron chi connectivity index (χ1n) is 6.30. The summed E-state index contributed by atoms with van der Waals surface area (Å²) >= 11 is 0. The van der Waals surface area contributed by atoms with Crippen LogP contribution in [0.3, 0.4) is 0 Å². The Kier molecular flexibility index (Phi) is 8.26. The quantitative estimate of drug-likeness (QED) is 0.538. The summed E-state index contributed by atoms with van der Waals surface area (Å²) in [5.74, 6) is 1.73. The van der Waals surface area contributed by atoms with Gasteiger partial charge in [0.15, 0.2) is 0 Å². The minimum atomic E-state index is 0.844. The summed E-state index contributed by atoms with van der Waals surface area (Å²) in [6, 6.07) is 0. The van der Waals surface area contributed by atoms with Crippen molar-refractivity contribution in [3.63, 3.8) is 0 Å². The topological polar surface area (TPSA) is 3.24 Å². The van der Waals surface area contributed by atoms with Gasteiger partial charge in [0.05, 0.1) is 0 Å². The Balaban J connectivity index is 3.58. The van der Waals surface area contributed by atoms with E-state index in [-0.39, 0.29) is 0 Å². The molecular formula is C13H29N. The van der Waals surface area contributed by atoms with Gasteiger partial charge in [0, 0.05) is 6.54 Å². The second kappa shape index (κ2) is 8.28. The van der Waals surface area contributed by atoms with E-state index in [4.69, 9.17) is 0 Å². The van der Waals surface area contributed by atoms with Crippen LogP contribution in [0.1, 0.15) is 53.4 Å². The highest BCUT2D eigenvalue weighted by Crippen LogP contribution is 2.19. The molecule has 0 bridgehead atoms. The zero-order valence-corrected chi connectivity index (χ0v) is 10.8. The van der Waals surface area contributed by atoms with Crippen molar-refractivity contribution < 1.29 is 0 Å². The van der Waals surface area contributed by atoms with Crippen LogP contribution in [-0.4, -0.2) is 25.0 Å². The average molecular weight is 199 g/mol. The zero-order valence-electron chi connectivity index (χ0n) is 10.8. The summed E-state index contributed by atoms with van der Waals surface area (Å²) in [5, 5.41) is 0. The first-order chi connectivity index (χ1) is 6.61. The molecule has 0 aliphatic rings. The van der Waals surface area contributed by atoms with E-state index in [0.29, 0.717) is 0 Å². The van der Waals surface area contributed by atoms with E-state index in [1.807, 2.05) is 0 Å². The fourth-order valence-corrected chi connectivity index (χ4v) is 1.80. The van der Waals surface area contributed by atoms with Crippen LogP contribution in [0.2, 0.25) is 0 Å². The molecule has 86 valence electrons. The van der Waals surface area contributed by atoms with Gasteiger partial charge in [0.25, 0.3) is 0 Å². The minimum absolute atomic E-state index is 0.844. The molecule has 0 aliphatic heterocycles. The van der Waals surface area contributed by atoms with E-state index in [0.717, 1.165) is 11.8 Å². The fourth-order valence-electron chi connectivity index (χ4n) is 1.80. The van der Waals surface area contributed by atoms with Crippen LogP contribution in [-0.2, 0) is 0 Å². The molecule has 0 heterocycles. The van der Waals surface area contributed by atoms with Crippen LogP contribution in [0, 0.1) is 11.8 Å². The molecule has 0 spiro atoms. The van der Waals surface area contributed by atoms with E-state index in [9.17, 15) is 0 Å². The van der Waals surface area contributed by atoms with Gasteiger partial charge in [-0.1, -0.05) is 53.4 Å². The molecule has 2 atom stereocenters. The van der Waals surface area contributed by atoms with E-state index in [1.54, 1.807) is 0 Å². The molecule has 0 aromatic heterocycles. The molecule has 1 nitrogen and oxygen atoms in total. The molecule has 0 radical (unpaired) electrons. The highest BCUT2D eigenvalue weighted by molar-refractivity contribution is 4.65. The second-order valence-electron chi connectivity index (χ2n) is 4.81. The van der Waals surface area contributed by atoms with Crippen molar-refractivity contribution in [2.45, 2.75) is 53.4 Å². The number of hydrogen-bond acceptors (Lipinski definition) is 1. The van der Waals surface area contributed by atoms with Crippen LogP contribution in [0.25, 0.3) is 0 Å². The van der Waals surface area contributed by atoms with Crippen molar-refractivity contribution in [1.29, 1.82) is 0 Å². The lowest BCUT2D eigenvalue weighted by atomic mass is 9.90. The number of nitrogens with zero attached hydrogens (tertiary/aromatic N) is 1. The van der Waals surface area contributed by atoms with Gasteiger partial charge >= 0.3 is 0 Å². The van der Waals surface area contributed by atoms with Gasteiger partial charge in [0.1, 0.15) is 0 Å². The van der Waals surface area contributed by atoms with Gasteiger partial charge in [-0.05, 0) is 25.4 Å². The standard InChI is InChI=1S/C13H29N/c1-6-8-9-10-12(3)13(4)11-14(5)7-2/h12-13H,6-11H2,1-5H3. The third-order valence-electron chi connectivity index (χ3n) is 3.37. The molecule has 0 saturated carbocycles. The Morgan fingerprint density at radius 1 is 1.00 bits per heavy atom. The van der Waals surface area contributed by atoms with Gasteiger partial charge in [-0.3, -0.25) is 0 Å². The lowest BCUT2D eigenvalue weighted by Crippen LogP contribution is -2.27. The molecule has 0 N–H and O–H groups in total. The van der Waals surface area contributed by atoms with Gasteiger partial charge in [-0.2, -0.15) is 0 Å². The molecule has 1 heteroatoms. The number of unbranched alkanes of at least 4 members (excludes halogenated alkanes) is 2. The first-order valence-corrected chi connectivity index (χ1v) is 6.30. The number of hydrogen-bond donors (Lipinski definition) is 0. The smallest absolute Gasteiger partial charge is 0.000640 e. The van der Waals surface area contributed by atoms with Crippen molar-refractivity contribution in [2.75, 3.05) is 20.1 Å². The normalized spacial score (nSPS) is 15.9. The molecule has 0 aliphatic carbocycles. The lowest BCUT2D eigenvalue weighted by molar-refractivity contribution is 0.239. The highest BCUT2D eigenvalue weighted by Gasteiger charge is 2.12. The molecular weight excluding hydrogens is 170 g/mol. The van der Waals surface area contributed by atoms with Crippen LogP contribution in [0.15, 0.2) is 0 Å². The predicted molar refractivity (Wildman–Crippen MR) is 65.6 cm³/mol. The Bertz CT molecular complexity index is 122. The van der Waals surface area contributed by atoms with E-state index in [1.165, 1.54) is 38.8 Å².